The van der Waals surface area contributed by atoms with Crippen molar-refractivity contribution in [3.05, 3.63) is 29.8 Å². The zero-order chi connectivity index (χ0) is 12.1. The average molecular weight is 222 g/mol. The van der Waals surface area contributed by atoms with E-state index in [1.165, 1.54) is 12.1 Å². The van der Waals surface area contributed by atoms with Crippen LogP contribution >= 0.6 is 0 Å². The van der Waals surface area contributed by atoms with Gasteiger partial charge in [-0.2, -0.15) is 0 Å². The normalized spacial score (nSPS) is 9.31. The first-order valence-electron chi connectivity index (χ1n) is 4.41. The summed E-state index contributed by atoms with van der Waals surface area (Å²) in [4.78, 5) is 32.8. The minimum atomic E-state index is -0.927. The standard InChI is InChI=1S/C10H10N2O4/c1-6(13)9(15)11-12-10(16)7-4-2-3-5-8(7)14/h2-5,14H,1H3,(H,11,15)(H,12,16). The van der Waals surface area contributed by atoms with Crippen LogP contribution in [0.4, 0.5) is 0 Å². The zero-order valence-corrected chi connectivity index (χ0v) is 8.48. The van der Waals surface area contributed by atoms with E-state index in [1.807, 2.05) is 10.9 Å². The summed E-state index contributed by atoms with van der Waals surface area (Å²) in [6.07, 6.45) is 0. The molecular weight excluding hydrogens is 212 g/mol. The summed E-state index contributed by atoms with van der Waals surface area (Å²) in [5.74, 6) is -2.56. The van der Waals surface area contributed by atoms with Crippen LogP contribution in [0.25, 0.3) is 0 Å². The molecule has 0 unspecified atom stereocenters. The van der Waals surface area contributed by atoms with Crippen molar-refractivity contribution in [1.82, 2.24) is 10.9 Å². The molecule has 3 N–H and O–H groups in total. The molecule has 0 aliphatic rings. The Morgan fingerprint density at radius 1 is 1.12 bits per heavy atom. The van der Waals surface area contributed by atoms with E-state index in [0.717, 1.165) is 6.92 Å². The van der Waals surface area contributed by atoms with Crippen molar-refractivity contribution in [1.29, 1.82) is 0 Å². The van der Waals surface area contributed by atoms with E-state index in [9.17, 15) is 19.5 Å². The molecule has 16 heavy (non-hydrogen) atoms. The number of Topliss-reactive ketones (excluding diaryl/α,β-unsaturated/α-hetero) is 1. The Morgan fingerprint density at radius 3 is 2.31 bits per heavy atom. The Balaban J connectivity index is 2.64. The van der Waals surface area contributed by atoms with E-state index in [1.54, 1.807) is 12.1 Å². The van der Waals surface area contributed by atoms with Gasteiger partial charge >= 0.3 is 5.91 Å². The Labute approximate surface area is 91.2 Å². The minimum Gasteiger partial charge on any atom is -0.507 e. The monoisotopic (exact) mass is 222 g/mol. The first-order valence-corrected chi connectivity index (χ1v) is 4.41. The lowest BCUT2D eigenvalue weighted by Gasteiger charge is -2.06. The predicted molar refractivity (Wildman–Crippen MR) is 54.4 cm³/mol. The van der Waals surface area contributed by atoms with Gasteiger partial charge in [0.15, 0.2) is 0 Å². The van der Waals surface area contributed by atoms with Crippen LogP contribution in [-0.2, 0) is 9.59 Å². The number of aromatic hydroxyl groups is 1. The molecule has 0 saturated heterocycles. The number of rotatable bonds is 2. The van der Waals surface area contributed by atoms with E-state index in [4.69, 9.17) is 0 Å². The van der Waals surface area contributed by atoms with Crippen LogP contribution in [0.1, 0.15) is 17.3 Å². The molecule has 6 heteroatoms. The Morgan fingerprint density at radius 2 is 1.75 bits per heavy atom. The third kappa shape index (κ3) is 2.81. The Hall–Kier alpha value is -2.37. The molecule has 0 aliphatic carbocycles. The number of para-hydroxylation sites is 1. The van der Waals surface area contributed by atoms with Crippen molar-refractivity contribution in [3.63, 3.8) is 0 Å². The fraction of sp³-hybridized carbons (Fsp3) is 0.100. The molecule has 0 heterocycles. The number of phenols is 1. The number of carbonyl (C=O) groups is 3. The van der Waals surface area contributed by atoms with Crippen molar-refractivity contribution in [2.75, 3.05) is 0 Å². The quantitative estimate of drug-likeness (QED) is 0.474. The maximum Gasteiger partial charge on any atom is 0.305 e. The zero-order valence-electron chi connectivity index (χ0n) is 8.48. The van der Waals surface area contributed by atoms with Crippen LogP contribution in [0.5, 0.6) is 5.75 Å². The molecule has 2 amide bonds. The molecule has 0 spiro atoms. The smallest absolute Gasteiger partial charge is 0.305 e. The second kappa shape index (κ2) is 4.92. The number of hydrogen-bond acceptors (Lipinski definition) is 4. The highest BCUT2D eigenvalue weighted by Gasteiger charge is 2.12. The second-order valence-electron chi connectivity index (χ2n) is 2.98. The van der Waals surface area contributed by atoms with Gasteiger partial charge in [0.05, 0.1) is 5.56 Å². The molecule has 0 aliphatic heterocycles. The molecule has 0 bridgehead atoms. The lowest BCUT2D eigenvalue weighted by Crippen LogP contribution is -2.44. The average Bonchev–Trinajstić information content (AvgIpc) is 2.25. The van der Waals surface area contributed by atoms with Crippen LogP contribution in [-0.4, -0.2) is 22.7 Å². The van der Waals surface area contributed by atoms with Crippen LogP contribution in [0, 0.1) is 0 Å². The molecule has 0 radical (unpaired) electrons. The number of phenolic OH excluding ortho intramolecular Hbond substituents is 1. The van der Waals surface area contributed by atoms with Crippen molar-refractivity contribution in [2.45, 2.75) is 6.92 Å². The third-order valence-electron chi connectivity index (χ3n) is 1.76. The van der Waals surface area contributed by atoms with Crippen molar-refractivity contribution in [3.8, 4) is 5.75 Å². The Bertz CT molecular complexity index is 442. The fourth-order valence-corrected chi connectivity index (χ4v) is 0.935. The summed E-state index contributed by atoms with van der Waals surface area (Å²) in [6.45, 7) is 1.07. The first-order chi connectivity index (χ1) is 7.52. The van der Waals surface area contributed by atoms with Gasteiger partial charge in [-0.25, -0.2) is 0 Å². The number of benzene rings is 1. The number of hydrogen-bond donors (Lipinski definition) is 3. The maximum absolute atomic E-state index is 11.4. The molecule has 6 nitrogen and oxygen atoms in total. The molecule has 0 atom stereocenters. The summed E-state index contributed by atoms with van der Waals surface area (Å²) in [7, 11) is 0. The van der Waals surface area contributed by atoms with Gasteiger partial charge in [0.25, 0.3) is 5.91 Å². The van der Waals surface area contributed by atoms with Crippen LogP contribution in [0.15, 0.2) is 24.3 Å². The summed E-state index contributed by atoms with van der Waals surface area (Å²) >= 11 is 0. The summed E-state index contributed by atoms with van der Waals surface area (Å²) in [5, 5.41) is 9.31. The van der Waals surface area contributed by atoms with Crippen molar-refractivity contribution < 1.29 is 19.5 Å². The fourth-order valence-electron chi connectivity index (χ4n) is 0.935. The van der Waals surface area contributed by atoms with Crippen LogP contribution in [0.3, 0.4) is 0 Å². The SMILES string of the molecule is CC(=O)C(=O)NNC(=O)c1ccccc1O. The highest BCUT2D eigenvalue weighted by atomic mass is 16.3. The van der Waals surface area contributed by atoms with E-state index >= 15 is 0 Å². The van der Waals surface area contributed by atoms with Gasteiger partial charge in [-0.1, -0.05) is 12.1 Å². The van der Waals surface area contributed by atoms with Gasteiger partial charge in [-0.05, 0) is 12.1 Å². The van der Waals surface area contributed by atoms with Crippen molar-refractivity contribution in [2.24, 2.45) is 0 Å². The summed E-state index contributed by atoms with van der Waals surface area (Å²) in [5.41, 5.74) is 3.92. The van der Waals surface area contributed by atoms with Gasteiger partial charge in [-0.3, -0.25) is 25.2 Å². The largest absolute Gasteiger partial charge is 0.507 e. The number of nitrogens with one attached hydrogen (secondary N) is 2. The lowest BCUT2D eigenvalue weighted by atomic mass is 10.2. The molecular formula is C10H10N2O4. The number of hydrazine groups is 1. The predicted octanol–water partition coefficient (Wildman–Crippen LogP) is -0.258. The second-order valence-corrected chi connectivity index (χ2v) is 2.98. The molecule has 1 aromatic carbocycles. The highest BCUT2D eigenvalue weighted by molar-refractivity contribution is 6.35. The number of ketones is 1. The van der Waals surface area contributed by atoms with E-state index in [-0.39, 0.29) is 11.3 Å². The lowest BCUT2D eigenvalue weighted by molar-refractivity contribution is -0.137. The van der Waals surface area contributed by atoms with Crippen LogP contribution < -0.4 is 10.9 Å². The molecule has 0 saturated carbocycles. The van der Waals surface area contributed by atoms with E-state index in [2.05, 4.69) is 0 Å². The topological polar surface area (TPSA) is 95.5 Å². The molecule has 0 fully saturated rings. The van der Waals surface area contributed by atoms with Gasteiger partial charge in [0.1, 0.15) is 5.75 Å². The summed E-state index contributed by atoms with van der Waals surface area (Å²) in [6, 6.07) is 5.83. The summed E-state index contributed by atoms with van der Waals surface area (Å²) < 4.78 is 0. The highest BCUT2D eigenvalue weighted by Crippen LogP contribution is 2.14. The van der Waals surface area contributed by atoms with Gasteiger partial charge in [-0.15, -0.1) is 0 Å². The van der Waals surface area contributed by atoms with Gasteiger partial charge in [0.2, 0.25) is 5.78 Å². The number of carbonyl (C=O) groups excluding carboxylic acids is 3. The van der Waals surface area contributed by atoms with Gasteiger partial charge < -0.3 is 5.11 Å². The van der Waals surface area contributed by atoms with E-state index < -0.39 is 17.6 Å². The molecule has 0 aromatic heterocycles. The third-order valence-corrected chi connectivity index (χ3v) is 1.76. The van der Waals surface area contributed by atoms with Crippen LogP contribution in [0.2, 0.25) is 0 Å². The van der Waals surface area contributed by atoms with Crippen molar-refractivity contribution >= 4 is 17.6 Å². The Kier molecular flexibility index (Phi) is 3.60. The molecule has 1 rings (SSSR count). The molecule has 1 aromatic rings. The van der Waals surface area contributed by atoms with Gasteiger partial charge in [0, 0.05) is 6.92 Å². The number of amides is 2. The minimum absolute atomic E-state index is 0.00588. The molecule has 84 valence electrons. The first kappa shape index (κ1) is 11.7. The maximum atomic E-state index is 11.4. The van der Waals surface area contributed by atoms with E-state index in [0.29, 0.717) is 0 Å².